The van der Waals surface area contributed by atoms with Crippen molar-refractivity contribution in [2.45, 2.75) is 12.4 Å². The van der Waals surface area contributed by atoms with Crippen molar-refractivity contribution >= 4 is 23.1 Å². The van der Waals surface area contributed by atoms with Gasteiger partial charge < -0.3 is 15.2 Å². The molecule has 0 fully saturated rings. The first kappa shape index (κ1) is 21.4. The highest BCUT2D eigenvalue weighted by molar-refractivity contribution is 8.13. The van der Waals surface area contributed by atoms with Crippen LogP contribution < -0.4 is 15.2 Å². The summed E-state index contributed by atoms with van der Waals surface area (Å²) in [5.74, 6) is 1.36. The van der Waals surface area contributed by atoms with Gasteiger partial charge in [0.1, 0.15) is 12.4 Å². The topological polar surface area (TPSA) is 69.2 Å². The third-order valence-corrected chi connectivity index (χ3v) is 5.00. The Bertz CT molecular complexity index is 1030. The Hall–Kier alpha value is -3.32. The number of ether oxygens (including phenoxy) is 2. The number of methoxy groups -OCH3 is 1. The maximum absolute atomic E-state index is 13.9. The van der Waals surface area contributed by atoms with Crippen LogP contribution >= 0.6 is 11.8 Å². The predicted molar refractivity (Wildman–Crippen MR) is 121 cm³/mol. The minimum atomic E-state index is -0.324. The molecule has 0 bridgehead atoms. The highest BCUT2D eigenvalue weighted by Crippen LogP contribution is 2.31. The summed E-state index contributed by atoms with van der Waals surface area (Å²) < 4.78 is 25.1. The third kappa shape index (κ3) is 6.09. The highest BCUT2D eigenvalue weighted by Gasteiger charge is 2.11. The molecule has 0 heterocycles. The van der Waals surface area contributed by atoms with E-state index in [-0.39, 0.29) is 12.4 Å². The number of nitrogens with zero attached hydrogens (tertiary/aromatic N) is 2. The summed E-state index contributed by atoms with van der Waals surface area (Å²) in [6.45, 7) is 0.0617. The van der Waals surface area contributed by atoms with Gasteiger partial charge in [-0.05, 0) is 23.8 Å². The van der Waals surface area contributed by atoms with Crippen molar-refractivity contribution in [2.24, 2.45) is 15.9 Å². The number of para-hydroxylation sites is 1. The average Bonchev–Trinajstić information content (AvgIpc) is 2.78. The van der Waals surface area contributed by atoms with Crippen LogP contribution in [0.4, 0.5) is 4.39 Å². The molecule has 154 valence electrons. The summed E-state index contributed by atoms with van der Waals surface area (Å²) in [7, 11) is 1.54. The Labute approximate surface area is 179 Å². The standard InChI is InChI=1S/C23H22FN3O2S/c1-28-21-13-7-11-18(22(21)29-15-19-10-5-6-12-20(19)24)14-26-27-23(25)30-16-17-8-3-2-4-9-17/h2-14H,15-16H2,1H3,(H2,25,27). The van der Waals surface area contributed by atoms with E-state index in [9.17, 15) is 4.39 Å². The highest BCUT2D eigenvalue weighted by atomic mass is 32.2. The van der Waals surface area contributed by atoms with E-state index >= 15 is 0 Å². The Balaban J connectivity index is 1.69. The van der Waals surface area contributed by atoms with Crippen LogP contribution in [0.2, 0.25) is 0 Å². The van der Waals surface area contributed by atoms with Gasteiger partial charge in [0, 0.05) is 16.9 Å². The van der Waals surface area contributed by atoms with E-state index < -0.39 is 0 Å². The molecule has 3 aromatic carbocycles. The van der Waals surface area contributed by atoms with E-state index in [1.54, 1.807) is 31.4 Å². The van der Waals surface area contributed by atoms with Gasteiger partial charge in [0.2, 0.25) is 0 Å². The van der Waals surface area contributed by atoms with E-state index in [1.807, 2.05) is 42.5 Å². The summed E-state index contributed by atoms with van der Waals surface area (Å²) in [4.78, 5) is 0. The molecule has 0 atom stereocenters. The van der Waals surface area contributed by atoms with E-state index in [4.69, 9.17) is 15.2 Å². The van der Waals surface area contributed by atoms with Gasteiger partial charge in [0.05, 0.1) is 13.3 Å². The molecule has 2 N–H and O–H groups in total. The fourth-order valence-corrected chi connectivity index (χ4v) is 3.24. The van der Waals surface area contributed by atoms with Gasteiger partial charge in [-0.3, -0.25) is 0 Å². The summed E-state index contributed by atoms with van der Waals surface area (Å²) in [5, 5.41) is 8.46. The number of hydrogen-bond acceptors (Lipinski definition) is 5. The second-order valence-electron chi connectivity index (χ2n) is 6.22. The number of thioether (sulfide) groups is 1. The van der Waals surface area contributed by atoms with E-state index in [0.29, 0.717) is 33.5 Å². The van der Waals surface area contributed by atoms with Gasteiger partial charge in [-0.25, -0.2) is 4.39 Å². The number of nitrogens with two attached hydrogens (primary N) is 1. The van der Waals surface area contributed by atoms with Crippen molar-refractivity contribution in [1.82, 2.24) is 0 Å². The van der Waals surface area contributed by atoms with Crippen LogP contribution in [0.25, 0.3) is 0 Å². The lowest BCUT2D eigenvalue weighted by atomic mass is 10.2. The Morgan fingerprint density at radius 1 is 1.03 bits per heavy atom. The number of benzene rings is 3. The Morgan fingerprint density at radius 2 is 1.80 bits per heavy atom. The lowest BCUT2D eigenvalue weighted by Crippen LogP contribution is -2.06. The molecule has 0 aliphatic heterocycles. The van der Waals surface area contributed by atoms with Gasteiger partial charge in [0.25, 0.3) is 0 Å². The second-order valence-corrected chi connectivity index (χ2v) is 7.21. The number of amidine groups is 1. The van der Waals surface area contributed by atoms with Gasteiger partial charge in [-0.15, -0.1) is 5.10 Å². The van der Waals surface area contributed by atoms with Crippen molar-refractivity contribution in [3.63, 3.8) is 0 Å². The SMILES string of the molecule is COc1cccc(C=NN=C(N)SCc2ccccc2)c1OCc1ccccc1F. The van der Waals surface area contributed by atoms with Gasteiger partial charge >= 0.3 is 0 Å². The molecule has 0 radical (unpaired) electrons. The maximum Gasteiger partial charge on any atom is 0.180 e. The molecular formula is C23H22FN3O2S. The van der Waals surface area contributed by atoms with Crippen molar-refractivity contribution in [2.75, 3.05) is 7.11 Å². The fraction of sp³-hybridized carbons (Fsp3) is 0.130. The molecule has 0 saturated carbocycles. The van der Waals surface area contributed by atoms with Crippen molar-refractivity contribution in [3.05, 3.63) is 95.3 Å². The maximum atomic E-state index is 13.9. The lowest BCUT2D eigenvalue weighted by Gasteiger charge is -2.13. The number of hydrogen-bond donors (Lipinski definition) is 1. The smallest absolute Gasteiger partial charge is 0.180 e. The molecule has 3 rings (SSSR count). The average molecular weight is 424 g/mol. The zero-order valence-electron chi connectivity index (χ0n) is 16.5. The van der Waals surface area contributed by atoms with E-state index in [2.05, 4.69) is 10.2 Å². The minimum Gasteiger partial charge on any atom is -0.493 e. The zero-order valence-corrected chi connectivity index (χ0v) is 17.3. The van der Waals surface area contributed by atoms with Crippen molar-refractivity contribution in [3.8, 4) is 11.5 Å². The molecule has 3 aromatic rings. The monoisotopic (exact) mass is 423 g/mol. The van der Waals surface area contributed by atoms with E-state index in [1.165, 1.54) is 24.0 Å². The molecule has 0 saturated heterocycles. The molecule has 0 aromatic heterocycles. The summed E-state index contributed by atoms with van der Waals surface area (Å²) in [6.07, 6.45) is 1.54. The zero-order chi connectivity index (χ0) is 21.2. The first-order chi connectivity index (χ1) is 14.7. The van der Waals surface area contributed by atoms with Crippen LogP contribution in [0.15, 0.2) is 83.0 Å². The molecule has 30 heavy (non-hydrogen) atoms. The summed E-state index contributed by atoms with van der Waals surface area (Å²) in [5.41, 5.74) is 8.18. The second kappa shape index (κ2) is 11.0. The Kier molecular flexibility index (Phi) is 7.86. The summed E-state index contributed by atoms with van der Waals surface area (Å²) >= 11 is 1.40. The number of halogens is 1. The Morgan fingerprint density at radius 3 is 2.57 bits per heavy atom. The molecule has 0 spiro atoms. The lowest BCUT2D eigenvalue weighted by molar-refractivity contribution is 0.279. The fourth-order valence-electron chi connectivity index (χ4n) is 2.62. The van der Waals surface area contributed by atoms with Gasteiger partial charge in [-0.1, -0.05) is 66.4 Å². The van der Waals surface area contributed by atoms with Crippen LogP contribution in [0.3, 0.4) is 0 Å². The molecule has 0 aliphatic carbocycles. The van der Waals surface area contributed by atoms with Crippen LogP contribution in [0.5, 0.6) is 11.5 Å². The van der Waals surface area contributed by atoms with Crippen molar-refractivity contribution < 1.29 is 13.9 Å². The molecule has 0 aliphatic rings. The molecule has 0 unspecified atom stereocenters. The van der Waals surface area contributed by atoms with Crippen molar-refractivity contribution in [1.29, 1.82) is 0 Å². The predicted octanol–water partition coefficient (Wildman–Crippen LogP) is 5.00. The molecular weight excluding hydrogens is 401 g/mol. The minimum absolute atomic E-state index is 0.0617. The van der Waals surface area contributed by atoms with Gasteiger partial charge in [0.15, 0.2) is 16.7 Å². The van der Waals surface area contributed by atoms with Crippen LogP contribution in [-0.2, 0) is 12.4 Å². The van der Waals surface area contributed by atoms with Crippen LogP contribution in [-0.4, -0.2) is 18.5 Å². The molecule has 0 amide bonds. The molecule has 7 heteroatoms. The largest absolute Gasteiger partial charge is 0.493 e. The van der Waals surface area contributed by atoms with Crippen LogP contribution in [0.1, 0.15) is 16.7 Å². The normalized spacial score (nSPS) is 11.6. The quantitative estimate of drug-likeness (QED) is 0.315. The first-order valence-electron chi connectivity index (χ1n) is 9.24. The summed E-state index contributed by atoms with van der Waals surface area (Å²) in [6, 6.07) is 21.8. The van der Waals surface area contributed by atoms with Crippen LogP contribution in [0, 0.1) is 5.82 Å². The first-order valence-corrected chi connectivity index (χ1v) is 10.2. The number of rotatable bonds is 8. The molecule has 5 nitrogen and oxygen atoms in total. The van der Waals surface area contributed by atoms with E-state index in [0.717, 1.165) is 5.56 Å². The van der Waals surface area contributed by atoms with Gasteiger partial charge in [-0.2, -0.15) is 5.10 Å². The third-order valence-electron chi connectivity index (χ3n) is 4.14.